The molecule has 5 rings (SSSR count). The molecule has 1 amide bonds. The maximum absolute atomic E-state index is 13.3. The lowest BCUT2D eigenvalue weighted by Gasteiger charge is -2.32. The van der Waals surface area contributed by atoms with Crippen LogP contribution in [-0.2, 0) is 0 Å². The number of H-pyrrole nitrogens is 2. The molecule has 0 unspecified atom stereocenters. The summed E-state index contributed by atoms with van der Waals surface area (Å²) in [5.74, 6) is 1.65. The average molecular weight is 416 g/mol. The first kappa shape index (κ1) is 19.3. The molecular weight excluding hydrogens is 390 g/mol. The summed E-state index contributed by atoms with van der Waals surface area (Å²) in [5, 5.41) is 18.6. The third-order valence-corrected chi connectivity index (χ3v) is 5.78. The van der Waals surface area contributed by atoms with E-state index in [1.54, 1.807) is 0 Å². The zero-order valence-electron chi connectivity index (χ0n) is 17.6. The number of carbonyl (C=O) groups excluding carboxylic acids is 1. The second-order valence-corrected chi connectivity index (χ2v) is 8.22. The number of nitrogens with zero attached hydrogens (tertiary/aromatic N) is 4. The highest BCUT2D eigenvalue weighted by Crippen LogP contribution is 2.29. The Hall–Kier alpha value is -3.68. The summed E-state index contributed by atoms with van der Waals surface area (Å²) < 4.78 is 0. The van der Waals surface area contributed by atoms with Crippen LogP contribution >= 0.6 is 0 Å². The van der Waals surface area contributed by atoms with Crippen LogP contribution in [0.5, 0.6) is 0 Å². The first-order chi connectivity index (χ1) is 15.1. The van der Waals surface area contributed by atoms with Crippen LogP contribution in [-0.4, -0.2) is 49.3 Å². The highest BCUT2D eigenvalue weighted by Gasteiger charge is 2.28. The van der Waals surface area contributed by atoms with E-state index in [2.05, 4.69) is 25.7 Å². The number of benzene rings is 1. The van der Waals surface area contributed by atoms with E-state index in [0.29, 0.717) is 12.2 Å². The molecule has 1 saturated heterocycles. The van der Waals surface area contributed by atoms with Gasteiger partial charge in [-0.1, -0.05) is 17.7 Å². The third-order valence-electron chi connectivity index (χ3n) is 5.78. The Morgan fingerprint density at radius 1 is 1.10 bits per heavy atom. The predicted octanol–water partition coefficient (Wildman–Crippen LogP) is 4.06. The molecule has 8 nitrogen and oxygen atoms in total. The zero-order valence-corrected chi connectivity index (χ0v) is 17.6. The zero-order chi connectivity index (χ0) is 21.4. The summed E-state index contributed by atoms with van der Waals surface area (Å²) in [7, 11) is 0. The number of aryl methyl sites for hydroxylation is 2. The molecule has 0 aliphatic carbocycles. The summed E-state index contributed by atoms with van der Waals surface area (Å²) in [6.07, 6.45) is 1.94. The number of fused-ring (bicyclic) bond motifs is 1. The van der Waals surface area contributed by atoms with Gasteiger partial charge in [0.2, 0.25) is 0 Å². The number of hydrogen-bond donors (Lipinski definition) is 3. The molecule has 3 aromatic heterocycles. The minimum Gasteiger partial charge on any atom is -0.337 e. The van der Waals surface area contributed by atoms with Gasteiger partial charge in [0, 0.05) is 41.8 Å². The fraction of sp³-hybridized carbons (Fsp3) is 0.304. The van der Waals surface area contributed by atoms with Gasteiger partial charge in [-0.25, -0.2) is 4.98 Å². The van der Waals surface area contributed by atoms with Gasteiger partial charge in [-0.15, -0.1) is 0 Å². The van der Waals surface area contributed by atoms with Crippen molar-refractivity contribution >= 4 is 28.4 Å². The largest absolute Gasteiger partial charge is 0.337 e. The highest BCUT2D eigenvalue weighted by atomic mass is 16.2. The van der Waals surface area contributed by atoms with Crippen molar-refractivity contribution in [2.45, 2.75) is 32.6 Å². The minimum absolute atomic E-state index is 0.0252. The molecular formula is C23H25N7O. The third kappa shape index (κ3) is 3.88. The summed E-state index contributed by atoms with van der Waals surface area (Å²) in [4.78, 5) is 20.0. The van der Waals surface area contributed by atoms with Gasteiger partial charge < -0.3 is 10.2 Å². The van der Waals surface area contributed by atoms with Gasteiger partial charge >= 0.3 is 0 Å². The van der Waals surface area contributed by atoms with Crippen molar-refractivity contribution in [3.63, 3.8) is 0 Å². The first-order valence-corrected chi connectivity index (χ1v) is 10.6. The standard InChI is InChI=1S/C23H25N7O/c1-14-8-9-19-17(11-14)22(29-27-19)23(31)30-10-4-5-16(13-30)18-6-3-7-20(24-18)25-21-12-15(2)26-28-21/h3,6-9,11-12,16H,4-5,10,13H2,1-2H3,(H,27,29)(H2,24,25,26,28)/t16-/m0/s1. The van der Waals surface area contributed by atoms with Gasteiger partial charge in [-0.05, 0) is 51.0 Å². The number of carbonyl (C=O) groups is 1. The lowest BCUT2D eigenvalue weighted by molar-refractivity contribution is 0.0702. The van der Waals surface area contributed by atoms with Crippen molar-refractivity contribution < 1.29 is 4.79 Å². The second kappa shape index (κ2) is 7.86. The molecule has 0 spiro atoms. The Morgan fingerprint density at radius 2 is 2.00 bits per heavy atom. The van der Waals surface area contributed by atoms with Crippen molar-refractivity contribution in [3.05, 3.63) is 65.1 Å². The predicted molar refractivity (Wildman–Crippen MR) is 120 cm³/mol. The summed E-state index contributed by atoms with van der Waals surface area (Å²) >= 11 is 0. The molecule has 1 fully saturated rings. The fourth-order valence-electron chi connectivity index (χ4n) is 4.21. The maximum Gasteiger partial charge on any atom is 0.275 e. The SMILES string of the molecule is Cc1ccc2[nH]nc(C(=O)N3CCC[C@H](c4cccc(Nc5cc(C)[nH]n5)n4)C3)c2c1. The molecule has 0 bridgehead atoms. The Labute approximate surface area is 180 Å². The number of aromatic amines is 2. The minimum atomic E-state index is -0.0252. The smallest absolute Gasteiger partial charge is 0.275 e. The van der Waals surface area contributed by atoms with Crippen LogP contribution in [0.3, 0.4) is 0 Å². The van der Waals surface area contributed by atoms with Gasteiger partial charge in [-0.3, -0.25) is 15.0 Å². The maximum atomic E-state index is 13.3. The molecule has 1 atom stereocenters. The van der Waals surface area contributed by atoms with Crippen LogP contribution in [0.4, 0.5) is 11.6 Å². The first-order valence-electron chi connectivity index (χ1n) is 10.6. The van der Waals surface area contributed by atoms with E-state index in [0.717, 1.165) is 58.9 Å². The van der Waals surface area contributed by atoms with Crippen molar-refractivity contribution in [2.75, 3.05) is 18.4 Å². The van der Waals surface area contributed by atoms with E-state index in [-0.39, 0.29) is 11.8 Å². The average Bonchev–Trinajstić information content (AvgIpc) is 3.39. The van der Waals surface area contributed by atoms with E-state index >= 15 is 0 Å². The van der Waals surface area contributed by atoms with Gasteiger partial charge in [0.05, 0.1) is 5.52 Å². The summed E-state index contributed by atoms with van der Waals surface area (Å²) in [6.45, 7) is 5.35. The summed E-state index contributed by atoms with van der Waals surface area (Å²) in [5.41, 5.74) is 4.46. The molecule has 0 radical (unpaired) electrons. The number of amides is 1. The van der Waals surface area contributed by atoms with Crippen molar-refractivity contribution in [3.8, 4) is 0 Å². The van der Waals surface area contributed by atoms with E-state index in [4.69, 9.17) is 4.98 Å². The van der Waals surface area contributed by atoms with Crippen LogP contribution in [0, 0.1) is 13.8 Å². The number of piperidine rings is 1. The van der Waals surface area contributed by atoms with Crippen LogP contribution in [0.1, 0.15) is 46.2 Å². The highest BCUT2D eigenvalue weighted by molar-refractivity contribution is 6.04. The summed E-state index contributed by atoms with van der Waals surface area (Å²) in [6, 6.07) is 13.9. The van der Waals surface area contributed by atoms with Gasteiger partial charge in [0.25, 0.3) is 5.91 Å². The molecule has 4 heterocycles. The number of rotatable bonds is 4. The molecule has 1 aliphatic rings. The molecule has 0 saturated carbocycles. The van der Waals surface area contributed by atoms with Crippen LogP contribution in [0.2, 0.25) is 0 Å². The Balaban J connectivity index is 1.35. The van der Waals surface area contributed by atoms with Gasteiger partial charge in [0.15, 0.2) is 11.5 Å². The molecule has 31 heavy (non-hydrogen) atoms. The number of aromatic nitrogens is 5. The lowest BCUT2D eigenvalue weighted by atomic mass is 9.94. The van der Waals surface area contributed by atoms with E-state index in [9.17, 15) is 4.79 Å². The van der Waals surface area contributed by atoms with Crippen molar-refractivity contribution in [1.29, 1.82) is 0 Å². The van der Waals surface area contributed by atoms with Crippen molar-refractivity contribution in [1.82, 2.24) is 30.3 Å². The second-order valence-electron chi connectivity index (χ2n) is 8.22. The Morgan fingerprint density at radius 3 is 2.84 bits per heavy atom. The Bertz CT molecular complexity index is 1240. The normalized spacial score (nSPS) is 16.6. The molecule has 3 N–H and O–H groups in total. The van der Waals surface area contributed by atoms with Crippen molar-refractivity contribution in [2.24, 2.45) is 0 Å². The molecule has 8 heteroatoms. The Kier molecular flexibility index (Phi) is 4.89. The lowest BCUT2D eigenvalue weighted by Crippen LogP contribution is -2.39. The van der Waals surface area contributed by atoms with Gasteiger partial charge in [0.1, 0.15) is 5.82 Å². The topological polar surface area (TPSA) is 103 Å². The molecule has 158 valence electrons. The number of anilines is 2. The van der Waals surface area contributed by atoms with E-state index in [1.165, 1.54) is 0 Å². The molecule has 4 aromatic rings. The fourth-order valence-corrected chi connectivity index (χ4v) is 4.21. The van der Waals surface area contributed by atoms with E-state index in [1.807, 2.05) is 61.2 Å². The van der Waals surface area contributed by atoms with Crippen LogP contribution < -0.4 is 5.32 Å². The molecule has 1 aliphatic heterocycles. The van der Waals surface area contributed by atoms with E-state index < -0.39 is 0 Å². The molecule has 1 aromatic carbocycles. The number of hydrogen-bond acceptors (Lipinski definition) is 5. The number of nitrogens with one attached hydrogen (secondary N) is 3. The number of pyridine rings is 1. The monoisotopic (exact) mass is 415 g/mol. The van der Waals surface area contributed by atoms with Gasteiger partial charge in [-0.2, -0.15) is 10.2 Å². The van der Waals surface area contributed by atoms with Crippen LogP contribution in [0.25, 0.3) is 10.9 Å². The number of likely N-dealkylation sites (tertiary alicyclic amines) is 1. The van der Waals surface area contributed by atoms with Crippen LogP contribution in [0.15, 0.2) is 42.5 Å². The quantitative estimate of drug-likeness (QED) is 0.466.